The number of amides is 2. The van der Waals surface area contributed by atoms with Crippen molar-refractivity contribution in [2.45, 2.75) is 84.6 Å². The Labute approximate surface area is 183 Å². The zero-order valence-corrected chi connectivity index (χ0v) is 19.4. The SMILES string of the molecule is CC(C)[C@H](NC(=O)C12CC3CC(CC(C3)C1)C2)C(=O)NCCCN1CCC[C@H](C)C1. The van der Waals surface area contributed by atoms with Crippen LogP contribution in [0.4, 0.5) is 0 Å². The summed E-state index contributed by atoms with van der Waals surface area (Å²) in [5.74, 6) is 3.28. The first kappa shape index (κ1) is 22.1. The van der Waals surface area contributed by atoms with Gasteiger partial charge < -0.3 is 15.5 Å². The van der Waals surface area contributed by atoms with Crippen LogP contribution in [0.25, 0.3) is 0 Å². The van der Waals surface area contributed by atoms with Gasteiger partial charge in [-0.1, -0.05) is 20.8 Å². The highest BCUT2D eigenvalue weighted by Crippen LogP contribution is 2.60. The van der Waals surface area contributed by atoms with E-state index in [1.165, 1.54) is 45.2 Å². The molecular formula is C25H43N3O2. The molecule has 4 aliphatic carbocycles. The average molecular weight is 418 g/mol. The van der Waals surface area contributed by atoms with E-state index in [2.05, 4.69) is 22.5 Å². The normalized spacial score (nSPS) is 36.7. The lowest BCUT2D eigenvalue weighted by atomic mass is 9.49. The zero-order chi connectivity index (χ0) is 21.3. The molecule has 5 nitrogen and oxygen atoms in total. The minimum atomic E-state index is -0.416. The quantitative estimate of drug-likeness (QED) is 0.594. The van der Waals surface area contributed by atoms with Gasteiger partial charge in [0.1, 0.15) is 6.04 Å². The molecule has 4 bridgehead atoms. The Balaban J connectivity index is 1.26. The van der Waals surface area contributed by atoms with Crippen LogP contribution in [0.5, 0.6) is 0 Å². The predicted molar refractivity (Wildman–Crippen MR) is 120 cm³/mol. The summed E-state index contributed by atoms with van der Waals surface area (Å²) in [4.78, 5) is 28.8. The molecule has 0 spiro atoms. The molecule has 2 N–H and O–H groups in total. The van der Waals surface area contributed by atoms with Crippen molar-refractivity contribution in [1.29, 1.82) is 0 Å². The summed E-state index contributed by atoms with van der Waals surface area (Å²) in [6.07, 6.45) is 10.7. The minimum Gasteiger partial charge on any atom is -0.354 e. The third-order valence-electron chi connectivity index (χ3n) is 8.45. The van der Waals surface area contributed by atoms with Crippen LogP contribution in [0.2, 0.25) is 0 Å². The van der Waals surface area contributed by atoms with E-state index >= 15 is 0 Å². The van der Waals surface area contributed by atoms with Crippen LogP contribution in [-0.2, 0) is 9.59 Å². The van der Waals surface area contributed by atoms with Gasteiger partial charge in [-0.25, -0.2) is 0 Å². The fourth-order valence-electron chi connectivity index (χ4n) is 7.33. The summed E-state index contributed by atoms with van der Waals surface area (Å²) >= 11 is 0. The van der Waals surface area contributed by atoms with Gasteiger partial charge in [0.25, 0.3) is 0 Å². The second-order valence-corrected chi connectivity index (χ2v) is 11.6. The van der Waals surface area contributed by atoms with E-state index in [1.807, 2.05) is 13.8 Å². The van der Waals surface area contributed by atoms with E-state index in [0.717, 1.165) is 55.9 Å². The van der Waals surface area contributed by atoms with Crippen molar-refractivity contribution in [2.24, 2.45) is 35.0 Å². The van der Waals surface area contributed by atoms with Gasteiger partial charge in [-0.15, -0.1) is 0 Å². The van der Waals surface area contributed by atoms with Crippen molar-refractivity contribution in [1.82, 2.24) is 15.5 Å². The van der Waals surface area contributed by atoms with Gasteiger partial charge in [-0.3, -0.25) is 9.59 Å². The number of rotatable bonds is 8. The lowest BCUT2D eigenvalue weighted by molar-refractivity contribution is -0.149. The number of hydrogen-bond donors (Lipinski definition) is 2. The van der Waals surface area contributed by atoms with Gasteiger partial charge in [0.05, 0.1) is 0 Å². The molecule has 0 radical (unpaired) electrons. The van der Waals surface area contributed by atoms with Gasteiger partial charge in [0.2, 0.25) is 11.8 Å². The first-order chi connectivity index (χ1) is 14.3. The van der Waals surface area contributed by atoms with E-state index in [1.54, 1.807) is 0 Å². The van der Waals surface area contributed by atoms with Crippen molar-refractivity contribution < 1.29 is 9.59 Å². The number of likely N-dealkylation sites (tertiary alicyclic amines) is 1. The van der Waals surface area contributed by atoms with E-state index in [9.17, 15) is 9.59 Å². The van der Waals surface area contributed by atoms with Gasteiger partial charge >= 0.3 is 0 Å². The molecule has 5 fully saturated rings. The molecule has 1 heterocycles. The van der Waals surface area contributed by atoms with Gasteiger partial charge in [-0.2, -0.15) is 0 Å². The van der Waals surface area contributed by atoms with Crippen molar-refractivity contribution >= 4 is 11.8 Å². The van der Waals surface area contributed by atoms with Gasteiger partial charge in [-0.05, 0) is 100 Å². The van der Waals surface area contributed by atoms with Crippen molar-refractivity contribution in [3.8, 4) is 0 Å². The van der Waals surface area contributed by atoms with Crippen molar-refractivity contribution in [3.63, 3.8) is 0 Å². The number of nitrogens with zero attached hydrogens (tertiary/aromatic N) is 1. The van der Waals surface area contributed by atoms with Crippen LogP contribution >= 0.6 is 0 Å². The Morgan fingerprint density at radius 1 is 1.07 bits per heavy atom. The van der Waals surface area contributed by atoms with Crippen LogP contribution < -0.4 is 10.6 Å². The van der Waals surface area contributed by atoms with Crippen LogP contribution in [0.3, 0.4) is 0 Å². The molecule has 2 amide bonds. The second kappa shape index (κ2) is 9.18. The molecular weight excluding hydrogens is 374 g/mol. The highest BCUT2D eigenvalue weighted by Gasteiger charge is 2.55. The topological polar surface area (TPSA) is 61.4 Å². The maximum Gasteiger partial charge on any atom is 0.242 e. The van der Waals surface area contributed by atoms with E-state index in [0.29, 0.717) is 6.54 Å². The highest BCUT2D eigenvalue weighted by molar-refractivity contribution is 5.90. The first-order valence-electron chi connectivity index (χ1n) is 12.7. The Kier molecular flexibility index (Phi) is 6.76. The lowest BCUT2D eigenvalue weighted by Gasteiger charge is -2.55. The summed E-state index contributed by atoms with van der Waals surface area (Å²) < 4.78 is 0. The molecule has 0 aromatic heterocycles. The van der Waals surface area contributed by atoms with Crippen molar-refractivity contribution in [3.05, 3.63) is 0 Å². The summed E-state index contributed by atoms with van der Waals surface area (Å²) in [5, 5.41) is 6.32. The number of carbonyl (C=O) groups excluding carboxylic acids is 2. The molecule has 0 aromatic rings. The molecule has 0 unspecified atom stereocenters. The molecule has 5 heteroatoms. The number of piperidine rings is 1. The molecule has 4 saturated carbocycles. The molecule has 0 aromatic carbocycles. The molecule has 1 saturated heterocycles. The Morgan fingerprint density at radius 2 is 1.70 bits per heavy atom. The zero-order valence-electron chi connectivity index (χ0n) is 19.4. The summed E-state index contributed by atoms with van der Waals surface area (Å²) in [6, 6.07) is -0.416. The van der Waals surface area contributed by atoms with E-state index in [4.69, 9.17) is 0 Å². The Bertz CT molecular complexity index is 597. The van der Waals surface area contributed by atoms with Gasteiger partial charge in [0.15, 0.2) is 0 Å². The maximum atomic E-state index is 13.4. The van der Waals surface area contributed by atoms with E-state index in [-0.39, 0.29) is 23.1 Å². The molecule has 2 atom stereocenters. The van der Waals surface area contributed by atoms with Crippen LogP contribution in [-0.4, -0.2) is 48.9 Å². The minimum absolute atomic E-state index is 0.00455. The second-order valence-electron chi connectivity index (χ2n) is 11.6. The molecule has 1 aliphatic heterocycles. The van der Waals surface area contributed by atoms with Crippen molar-refractivity contribution in [2.75, 3.05) is 26.2 Å². The number of nitrogens with one attached hydrogen (secondary N) is 2. The monoisotopic (exact) mass is 417 g/mol. The largest absolute Gasteiger partial charge is 0.354 e. The first-order valence-corrected chi connectivity index (χ1v) is 12.7. The number of hydrogen-bond acceptors (Lipinski definition) is 3. The van der Waals surface area contributed by atoms with Crippen LogP contribution in [0, 0.1) is 35.0 Å². The average Bonchev–Trinajstić information content (AvgIpc) is 2.68. The third-order valence-corrected chi connectivity index (χ3v) is 8.45. The molecule has 30 heavy (non-hydrogen) atoms. The Hall–Kier alpha value is -1.10. The van der Waals surface area contributed by atoms with Gasteiger partial charge in [0, 0.05) is 18.5 Å². The predicted octanol–water partition coefficient (Wildman–Crippen LogP) is 3.58. The summed E-state index contributed by atoms with van der Waals surface area (Å²) in [5.41, 5.74) is -0.187. The Morgan fingerprint density at radius 3 is 2.27 bits per heavy atom. The molecule has 170 valence electrons. The molecule has 5 rings (SSSR count). The maximum absolute atomic E-state index is 13.4. The summed E-state index contributed by atoms with van der Waals surface area (Å²) in [7, 11) is 0. The lowest BCUT2D eigenvalue weighted by Crippen LogP contribution is -2.58. The molecule has 5 aliphatic rings. The standard InChI is InChI=1S/C25H43N3O2/c1-17(2)22(23(29)26-7-5-9-28-8-4-6-18(3)16-28)27-24(30)25-13-19-10-20(14-25)12-21(11-19)15-25/h17-22H,4-16H2,1-3H3,(H,26,29)(H,27,30)/t18-,19?,20?,21?,22-,25?/m0/s1. The smallest absolute Gasteiger partial charge is 0.242 e. The fraction of sp³-hybridized carbons (Fsp3) is 0.920. The number of carbonyl (C=O) groups is 2. The fourth-order valence-corrected chi connectivity index (χ4v) is 7.33. The third kappa shape index (κ3) is 4.87. The van der Waals surface area contributed by atoms with E-state index < -0.39 is 6.04 Å². The highest BCUT2D eigenvalue weighted by atomic mass is 16.2. The summed E-state index contributed by atoms with van der Waals surface area (Å²) in [6.45, 7) is 10.5. The van der Waals surface area contributed by atoms with Crippen LogP contribution in [0.1, 0.15) is 78.6 Å². The van der Waals surface area contributed by atoms with Crippen LogP contribution in [0.15, 0.2) is 0 Å².